The average molecular weight is 531 g/mol. The van der Waals surface area contributed by atoms with Gasteiger partial charge in [-0.05, 0) is 43.2 Å². The van der Waals surface area contributed by atoms with Crippen LogP contribution in [0.3, 0.4) is 0 Å². The standard InChI is InChI=1S/C27H30N8O4/c1-27(2)15-33(17-5-3-16(12-28)4-6-17)9-8-22(27)32-23-19(24(29)36)13-30-35-14-18(11-21(23)35)34-10-7-20(25(34)37)31-26(38)39/h3-6,11,13-14,20,22,31-32H,7-10,15H2,1-2H3,(H2,29,36)(H,38,39). The lowest BCUT2D eigenvalue weighted by molar-refractivity contribution is -0.118. The van der Waals surface area contributed by atoms with E-state index in [2.05, 4.69) is 40.5 Å². The van der Waals surface area contributed by atoms with Crippen molar-refractivity contribution in [3.8, 4) is 6.07 Å². The highest BCUT2D eigenvalue weighted by Gasteiger charge is 2.38. The second-order valence-electron chi connectivity index (χ2n) is 10.7. The number of anilines is 3. The van der Waals surface area contributed by atoms with Crippen molar-refractivity contribution in [2.24, 2.45) is 11.1 Å². The first-order valence-corrected chi connectivity index (χ1v) is 12.7. The molecule has 2 unspecified atom stereocenters. The number of piperidine rings is 1. The number of fused-ring (bicyclic) bond motifs is 1. The molecule has 4 heterocycles. The Kier molecular flexibility index (Phi) is 6.51. The van der Waals surface area contributed by atoms with Crippen LogP contribution >= 0.6 is 0 Å². The summed E-state index contributed by atoms with van der Waals surface area (Å²) in [5, 5.41) is 28.3. The number of nitrogens with two attached hydrogens (primary N) is 1. The average Bonchev–Trinajstić information content (AvgIpc) is 3.48. The van der Waals surface area contributed by atoms with Gasteiger partial charge in [-0.15, -0.1) is 0 Å². The molecule has 2 atom stereocenters. The predicted molar refractivity (Wildman–Crippen MR) is 145 cm³/mol. The largest absolute Gasteiger partial charge is 0.465 e. The molecule has 0 saturated carbocycles. The van der Waals surface area contributed by atoms with E-state index in [-0.39, 0.29) is 22.9 Å². The topological polar surface area (TPSA) is 169 Å². The minimum Gasteiger partial charge on any atom is -0.465 e. The van der Waals surface area contributed by atoms with Gasteiger partial charge in [-0.3, -0.25) is 9.59 Å². The zero-order valence-electron chi connectivity index (χ0n) is 21.7. The maximum absolute atomic E-state index is 12.8. The molecule has 2 saturated heterocycles. The second kappa shape index (κ2) is 9.83. The molecule has 0 radical (unpaired) electrons. The number of amides is 3. The molecule has 5 N–H and O–H groups in total. The normalized spacial score (nSPS) is 20.6. The first-order valence-electron chi connectivity index (χ1n) is 12.7. The third kappa shape index (κ3) is 4.90. The Labute approximate surface area is 225 Å². The number of nitriles is 1. The molecule has 3 amide bonds. The Morgan fingerprint density at radius 2 is 1.92 bits per heavy atom. The van der Waals surface area contributed by atoms with Crippen molar-refractivity contribution >= 4 is 40.5 Å². The van der Waals surface area contributed by atoms with Gasteiger partial charge in [0.15, 0.2) is 0 Å². The van der Waals surface area contributed by atoms with E-state index in [0.29, 0.717) is 35.4 Å². The van der Waals surface area contributed by atoms with Crippen LogP contribution in [0.1, 0.15) is 42.6 Å². The molecular formula is C27H30N8O4. The SMILES string of the molecule is CC1(C)CN(c2ccc(C#N)cc2)CCC1Nc1c(C(N)=O)cnn2cc(N3CCC(NC(=O)O)C3=O)cc12. The third-order valence-electron chi connectivity index (χ3n) is 7.61. The van der Waals surface area contributed by atoms with Gasteiger partial charge in [0, 0.05) is 36.8 Å². The van der Waals surface area contributed by atoms with Gasteiger partial charge in [0.1, 0.15) is 6.04 Å². The summed E-state index contributed by atoms with van der Waals surface area (Å²) in [6, 6.07) is 10.6. The molecule has 12 nitrogen and oxygen atoms in total. The number of hydrogen-bond acceptors (Lipinski definition) is 7. The quantitative estimate of drug-likeness (QED) is 0.376. The highest BCUT2D eigenvalue weighted by Crippen LogP contribution is 2.37. The van der Waals surface area contributed by atoms with Crippen LogP contribution < -0.4 is 26.2 Å². The summed E-state index contributed by atoms with van der Waals surface area (Å²) in [6.45, 7) is 6.19. The van der Waals surface area contributed by atoms with Crippen molar-refractivity contribution < 1.29 is 19.5 Å². The lowest BCUT2D eigenvalue weighted by atomic mass is 9.78. The summed E-state index contributed by atoms with van der Waals surface area (Å²) in [5.41, 5.74) is 9.12. The molecule has 5 rings (SSSR count). The van der Waals surface area contributed by atoms with Gasteiger partial charge in [-0.25, -0.2) is 9.31 Å². The number of hydrogen-bond donors (Lipinski definition) is 4. The number of rotatable bonds is 6. The molecule has 0 aliphatic carbocycles. The van der Waals surface area contributed by atoms with Crippen LogP contribution in [-0.4, -0.2) is 64.3 Å². The summed E-state index contributed by atoms with van der Waals surface area (Å²) in [5.74, 6) is -0.958. The van der Waals surface area contributed by atoms with Crippen LogP contribution in [0.4, 0.5) is 21.9 Å². The van der Waals surface area contributed by atoms with E-state index in [1.165, 1.54) is 11.1 Å². The van der Waals surface area contributed by atoms with Crippen molar-refractivity contribution in [1.29, 1.82) is 5.26 Å². The number of nitrogens with zero attached hydrogens (tertiary/aromatic N) is 5. The maximum atomic E-state index is 12.8. The molecule has 0 bridgehead atoms. The Hall–Kier alpha value is -4.79. The van der Waals surface area contributed by atoms with Crippen molar-refractivity contribution in [2.75, 3.05) is 34.8 Å². The number of nitrogens with one attached hydrogen (secondary N) is 2. The van der Waals surface area contributed by atoms with Crippen LogP contribution in [0, 0.1) is 16.7 Å². The zero-order valence-corrected chi connectivity index (χ0v) is 21.7. The molecule has 3 aromatic rings. The van der Waals surface area contributed by atoms with Gasteiger partial charge in [-0.2, -0.15) is 10.4 Å². The van der Waals surface area contributed by atoms with E-state index in [1.807, 2.05) is 24.3 Å². The molecule has 2 fully saturated rings. The van der Waals surface area contributed by atoms with Crippen LogP contribution in [0.2, 0.25) is 0 Å². The van der Waals surface area contributed by atoms with Crippen molar-refractivity contribution in [3.63, 3.8) is 0 Å². The van der Waals surface area contributed by atoms with Gasteiger partial charge in [0.25, 0.3) is 5.91 Å². The first-order chi connectivity index (χ1) is 18.6. The molecule has 1 aromatic carbocycles. The Balaban J connectivity index is 1.42. The van der Waals surface area contributed by atoms with Crippen LogP contribution in [0.15, 0.2) is 42.7 Å². The number of carbonyl (C=O) groups excluding carboxylic acids is 2. The molecule has 202 valence electrons. The molecular weight excluding hydrogens is 500 g/mol. The van der Waals surface area contributed by atoms with E-state index >= 15 is 0 Å². The number of benzene rings is 1. The fourth-order valence-corrected chi connectivity index (χ4v) is 5.51. The Morgan fingerprint density at radius 1 is 1.18 bits per heavy atom. The van der Waals surface area contributed by atoms with Gasteiger partial charge >= 0.3 is 6.09 Å². The smallest absolute Gasteiger partial charge is 0.405 e. The highest BCUT2D eigenvalue weighted by atomic mass is 16.4. The van der Waals surface area contributed by atoms with Crippen molar-refractivity contribution in [1.82, 2.24) is 14.9 Å². The van der Waals surface area contributed by atoms with E-state index in [0.717, 1.165) is 25.2 Å². The minimum atomic E-state index is -1.25. The summed E-state index contributed by atoms with van der Waals surface area (Å²) < 4.78 is 1.59. The van der Waals surface area contributed by atoms with Crippen LogP contribution in [-0.2, 0) is 4.79 Å². The number of aromatic nitrogens is 2. The number of carbonyl (C=O) groups is 3. The van der Waals surface area contributed by atoms with Crippen molar-refractivity contribution in [2.45, 2.75) is 38.8 Å². The fraction of sp³-hybridized carbons (Fsp3) is 0.370. The molecule has 39 heavy (non-hydrogen) atoms. The predicted octanol–water partition coefficient (Wildman–Crippen LogP) is 2.39. The molecule has 2 aliphatic heterocycles. The summed E-state index contributed by atoms with van der Waals surface area (Å²) in [4.78, 5) is 40.1. The van der Waals surface area contributed by atoms with E-state index in [1.54, 1.807) is 16.8 Å². The third-order valence-corrected chi connectivity index (χ3v) is 7.61. The molecule has 2 aromatic heterocycles. The maximum Gasteiger partial charge on any atom is 0.405 e. The van der Waals surface area contributed by atoms with Crippen LogP contribution in [0.5, 0.6) is 0 Å². The number of carboxylic acid groups (broad SMARTS) is 1. The summed E-state index contributed by atoms with van der Waals surface area (Å²) in [7, 11) is 0. The first kappa shape index (κ1) is 25.8. The monoisotopic (exact) mass is 530 g/mol. The molecule has 12 heteroatoms. The fourth-order valence-electron chi connectivity index (χ4n) is 5.51. The van der Waals surface area contributed by atoms with Crippen molar-refractivity contribution in [3.05, 3.63) is 53.9 Å². The lowest BCUT2D eigenvalue weighted by Gasteiger charge is -2.46. The molecule has 0 spiro atoms. The van der Waals surface area contributed by atoms with Crippen LogP contribution in [0.25, 0.3) is 5.52 Å². The summed E-state index contributed by atoms with van der Waals surface area (Å²) in [6.07, 6.45) is 2.99. The van der Waals surface area contributed by atoms with E-state index in [9.17, 15) is 14.4 Å². The van der Waals surface area contributed by atoms with E-state index < -0.39 is 18.0 Å². The zero-order chi connectivity index (χ0) is 27.9. The minimum absolute atomic E-state index is 0.00709. The Morgan fingerprint density at radius 3 is 2.56 bits per heavy atom. The van der Waals surface area contributed by atoms with E-state index in [4.69, 9.17) is 16.1 Å². The molecule has 2 aliphatic rings. The van der Waals surface area contributed by atoms with Gasteiger partial charge in [0.05, 0.1) is 46.5 Å². The number of primary amides is 1. The van der Waals surface area contributed by atoms with Gasteiger partial charge < -0.3 is 31.3 Å². The van der Waals surface area contributed by atoms with Gasteiger partial charge in [-0.1, -0.05) is 13.8 Å². The Bertz CT molecular complexity index is 1490. The highest BCUT2D eigenvalue weighted by molar-refractivity contribution is 6.04. The lowest BCUT2D eigenvalue weighted by Crippen LogP contribution is -2.52. The second-order valence-corrected chi connectivity index (χ2v) is 10.7. The summed E-state index contributed by atoms with van der Waals surface area (Å²) >= 11 is 0. The van der Waals surface area contributed by atoms with Gasteiger partial charge in [0.2, 0.25) is 5.91 Å².